The molecule has 0 bridgehead atoms. The molecule has 1 amide bonds. The van der Waals surface area contributed by atoms with Crippen LogP contribution in [-0.4, -0.2) is 35.6 Å². The van der Waals surface area contributed by atoms with Crippen LogP contribution in [0.15, 0.2) is 18.2 Å². The second-order valence-electron chi connectivity index (χ2n) is 5.03. The number of ether oxygens (including phenoxy) is 1. The van der Waals surface area contributed by atoms with E-state index in [9.17, 15) is 9.90 Å². The maximum Gasteiger partial charge on any atom is 0.242 e. The number of likely N-dealkylation sites (N-methyl/N-ethyl adjacent to an activating group) is 1. The Balaban J connectivity index is 2.85. The fourth-order valence-corrected chi connectivity index (χ4v) is 2.10. The van der Waals surface area contributed by atoms with E-state index in [0.29, 0.717) is 25.1 Å². The maximum atomic E-state index is 12.4. The van der Waals surface area contributed by atoms with Crippen LogP contribution in [0.2, 0.25) is 0 Å². The summed E-state index contributed by atoms with van der Waals surface area (Å²) in [6.07, 6.45) is 1.21. The number of phenolic OH excluding ortho intramolecular Hbond substituents is 1. The second-order valence-corrected chi connectivity index (χ2v) is 5.03. The Kier molecular flexibility index (Phi) is 5.39. The standard InChI is InChI=1S/C15H24N2O3/c1-5-15(16,6-2)14(19)17(3)10-11-7-8-12(18)13(9-11)20-4/h7-9,18H,5-6,10,16H2,1-4H3. The van der Waals surface area contributed by atoms with Gasteiger partial charge in [-0.2, -0.15) is 0 Å². The van der Waals surface area contributed by atoms with Crippen molar-refractivity contribution in [3.63, 3.8) is 0 Å². The summed E-state index contributed by atoms with van der Waals surface area (Å²) in [5.74, 6) is 0.406. The normalized spacial score (nSPS) is 11.2. The molecule has 0 aliphatic rings. The number of phenols is 1. The van der Waals surface area contributed by atoms with Crippen LogP contribution in [0.25, 0.3) is 0 Å². The van der Waals surface area contributed by atoms with Gasteiger partial charge in [-0.05, 0) is 30.5 Å². The Morgan fingerprint density at radius 3 is 2.50 bits per heavy atom. The average Bonchev–Trinajstić information content (AvgIpc) is 2.47. The molecule has 0 atom stereocenters. The van der Waals surface area contributed by atoms with Gasteiger partial charge in [0.1, 0.15) is 0 Å². The number of hydrogen-bond donors (Lipinski definition) is 2. The van der Waals surface area contributed by atoms with E-state index in [1.165, 1.54) is 7.11 Å². The summed E-state index contributed by atoms with van der Waals surface area (Å²) < 4.78 is 5.06. The van der Waals surface area contributed by atoms with Crippen molar-refractivity contribution in [2.24, 2.45) is 5.73 Å². The predicted octanol–water partition coefficient (Wildman–Crippen LogP) is 1.88. The van der Waals surface area contributed by atoms with Crippen LogP contribution in [0, 0.1) is 0 Å². The minimum absolute atomic E-state index is 0.0745. The summed E-state index contributed by atoms with van der Waals surface area (Å²) in [4.78, 5) is 14.0. The third-order valence-corrected chi connectivity index (χ3v) is 3.70. The number of hydrogen-bond acceptors (Lipinski definition) is 4. The molecule has 0 saturated heterocycles. The van der Waals surface area contributed by atoms with Gasteiger partial charge in [0.2, 0.25) is 5.91 Å². The summed E-state index contributed by atoms with van der Waals surface area (Å²) in [6.45, 7) is 4.26. The first-order valence-corrected chi connectivity index (χ1v) is 6.78. The van der Waals surface area contributed by atoms with Crippen molar-refractivity contribution in [2.75, 3.05) is 14.2 Å². The first kappa shape index (κ1) is 16.3. The molecular formula is C15H24N2O3. The zero-order valence-electron chi connectivity index (χ0n) is 12.6. The second kappa shape index (κ2) is 6.61. The summed E-state index contributed by atoms with van der Waals surface area (Å²) >= 11 is 0. The minimum atomic E-state index is -0.810. The van der Waals surface area contributed by atoms with Crippen LogP contribution in [0.1, 0.15) is 32.3 Å². The summed E-state index contributed by atoms with van der Waals surface area (Å²) in [6, 6.07) is 5.04. The van der Waals surface area contributed by atoms with Gasteiger partial charge in [0.05, 0.1) is 12.6 Å². The number of amides is 1. The molecule has 5 nitrogen and oxygen atoms in total. The highest BCUT2D eigenvalue weighted by molar-refractivity contribution is 5.85. The number of nitrogens with zero attached hydrogens (tertiary/aromatic N) is 1. The molecule has 0 fully saturated rings. The molecule has 1 aromatic rings. The van der Waals surface area contributed by atoms with Crippen molar-refractivity contribution in [1.29, 1.82) is 0 Å². The van der Waals surface area contributed by atoms with Crippen molar-refractivity contribution < 1.29 is 14.6 Å². The maximum absolute atomic E-state index is 12.4. The third-order valence-electron chi connectivity index (χ3n) is 3.70. The van der Waals surface area contributed by atoms with Gasteiger partial charge in [-0.1, -0.05) is 19.9 Å². The summed E-state index contributed by atoms with van der Waals surface area (Å²) in [5.41, 5.74) is 6.19. The van der Waals surface area contributed by atoms with Crippen molar-refractivity contribution in [3.8, 4) is 11.5 Å². The molecule has 0 heterocycles. The zero-order valence-corrected chi connectivity index (χ0v) is 12.6. The monoisotopic (exact) mass is 280 g/mol. The van der Waals surface area contributed by atoms with Gasteiger partial charge in [-0.3, -0.25) is 4.79 Å². The SMILES string of the molecule is CCC(N)(CC)C(=O)N(C)Cc1ccc(O)c(OC)c1. The van der Waals surface area contributed by atoms with Crippen molar-refractivity contribution >= 4 is 5.91 Å². The molecule has 3 N–H and O–H groups in total. The Bertz CT molecular complexity index is 470. The van der Waals surface area contributed by atoms with E-state index < -0.39 is 5.54 Å². The lowest BCUT2D eigenvalue weighted by Crippen LogP contribution is -2.53. The lowest BCUT2D eigenvalue weighted by molar-refractivity contribution is -0.136. The number of carbonyl (C=O) groups is 1. The van der Waals surface area contributed by atoms with Gasteiger partial charge in [-0.25, -0.2) is 0 Å². The molecular weight excluding hydrogens is 256 g/mol. The number of carbonyl (C=O) groups excluding carboxylic acids is 1. The molecule has 112 valence electrons. The first-order chi connectivity index (χ1) is 9.37. The molecule has 0 aliphatic carbocycles. The van der Waals surface area contributed by atoms with Crippen LogP contribution in [0.3, 0.4) is 0 Å². The molecule has 0 spiro atoms. The minimum Gasteiger partial charge on any atom is -0.504 e. The number of benzene rings is 1. The number of aromatic hydroxyl groups is 1. The number of nitrogens with two attached hydrogens (primary N) is 1. The Labute approximate surface area is 120 Å². The predicted molar refractivity (Wildman–Crippen MR) is 78.6 cm³/mol. The zero-order chi connectivity index (χ0) is 15.3. The third kappa shape index (κ3) is 3.42. The highest BCUT2D eigenvalue weighted by Gasteiger charge is 2.32. The van der Waals surface area contributed by atoms with E-state index in [2.05, 4.69) is 0 Å². The highest BCUT2D eigenvalue weighted by atomic mass is 16.5. The quantitative estimate of drug-likeness (QED) is 0.834. The smallest absolute Gasteiger partial charge is 0.242 e. The average molecular weight is 280 g/mol. The Morgan fingerprint density at radius 1 is 1.40 bits per heavy atom. The molecule has 20 heavy (non-hydrogen) atoms. The fraction of sp³-hybridized carbons (Fsp3) is 0.533. The Hall–Kier alpha value is -1.75. The molecule has 1 aromatic carbocycles. The van der Waals surface area contributed by atoms with Gasteiger partial charge in [0.25, 0.3) is 0 Å². The van der Waals surface area contributed by atoms with E-state index in [-0.39, 0.29) is 11.7 Å². The van der Waals surface area contributed by atoms with Crippen molar-refractivity contribution in [3.05, 3.63) is 23.8 Å². The molecule has 0 unspecified atom stereocenters. The Morgan fingerprint density at radius 2 is 2.00 bits per heavy atom. The van der Waals surface area contributed by atoms with Crippen LogP contribution in [0.4, 0.5) is 0 Å². The molecule has 0 saturated carbocycles. The van der Waals surface area contributed by atoms with E-state index in [4.69, 9.17) is 10.5 Å². The van der Waals surface area contributed by atoms with Crippen LogP contribution in [0.5, 0.6) is 11.5 Å². The molecule has 0 aromatic heterocycles. The van der Waals surface area contributed by atoms with E-state index in [1.54, 1.807) is 30.1 Å². The van der Waals surface area contributed by atoms with Crippen LogP contribution in [-0.2, 0) is 11.3 Å². The van der Waals surface area contributed by atoms with Gasteiger partial charge < -0.3 is 20.5 Å². The van der Waals surface area contributed by atoms with Gasteiger partial charge in [0.15, 0.2) is 11.5 Å². The highest BCUT2D eigenvalue weighted by Crippen LogP contribution is 2.27. The molecule has 0 radical (unpaired) electrons. The van der Waals surface area contributed by atoms with E-state index in [1.807, 2.05) is 13.8 Å². The topological polar surface area (TPSA) is 75.8 Å². The number of rotatable bonds is 6. The van der Waals surface area contributed by atoms with Gasteiger partial charge in [-0.15, -0.1) is 0 Å². The largest absolute Gasteiger partial charge is 0.504 e. The van der Waals surface area contributed by atoms with Gasteiger partial charge in [0, 0.05) is 13.6 Å². The first-order valence-electron chi connectivity index (χ1n) is 6.78. The number of methoxy groups -OCH3 is 1. The van der Waals surface area contributed by atoms with Crippen LogP contribution >= 0.6 is 0 Å². The molecule has 0 aliphatic heterocycles. The van der Waals surface area contributed by atoms with Crippen LogP contribution < -0.4 is 10.5 Å². The molecule has 1 rings (SSSR count). The lowest BCUT2D eigenvalue weighted by atomic mass is 9.92. The van der Waals surface area contributed by atoms with E-state index >= 15 is 0 Å². The summed E-state index contributed by atoms with van der Waals surface area (Å²) in [7, 11) is 3.22. The van der Waals surface area contributed by atoms with Crippen molar-refractivity contribution in [2.45, 2.75) is 38.8 Å². The lowest BCUT2D eigenvalue weighted by Gasteiger charge is -2.30. The van der Waals surface area contributed by atoms with Crippen molar-refractivity contribution in [1.82, 2.24) is 4.90 Å². The van der Waals surface area contributed by atoms with E-state index in [0.717, 1.165) is 5.56 Å². The molecule has 5 heteroatoms. The summed E-state index contributed by atoms with van der Waals surface area (Å²) in [5, 5.41) is 9.56. The fourth-order valence-electron chi connectivity index (χ4n) is 2.10. The van der Waals surface area contributed by atoms with Gasteiger partial charge >= 0.3 is 0 Å².